The average Bonchev–Trinajstić information content (AvgIpc) is 2.81. The molecule has 0 unspecified atom stereocenters. The first kappa shape index (κ1) is 11.0. The van der Waals surface area contributed by atoms with Gasteiger partial charge in [0.15, 0.2) is 0 Å². The smallest absolute Gasteiger partial charge is 0.0992 e. The maximum Gasteiger partial charge on any atom is 0.0992 e. The van der Waals surface area contributed by atoms with Crippen LogP contribution in [0.3, 0.4) is 0 Å². The zero-order chi connectivity index (χ0) is 12.5. The molecule has 0 fully saturated rings. The van der Waals surface area contributed by atoms with Gasteiger partial charge in [0, 0.05) is 18.5 Å². The third-order valence-electron chi connectivity index (χ3n) is 3.34. The van der Waals surface area contributed by atoms with Crippen LogP contribution in [0.1, 0.15) is 17.7 Å². The Morgan fingerprint density at radius 2 is 2.33 bits per heavy atom. The first-order chi connectivity index (χ1) is 8.78. The maximum absolute atomic E-state index is 8.88. The van der Waals surface area contributed by atoms with Gasteiger partial charge in [-0.05, 0) is 37.2 Å². The molecule has 2 aromatic rings. The van der Waals surface area contributed by atoms with Crippen molar-refractivity contribution in [1.82, 2.24) is 15.1 Å². The Kier molecular flexibility index (Phi) is 2.62. The molecule has 0 bridgehead atoms. The first-order valence-corrected chi connectivity index (χ1v) is 6.04. The summed E-state index contributed by atoms with van der Waals surface area (Å²) in [5.74, 6) is 0. The van der Waals surface area contributed by atoms with Gasteiger partial charge in [-0.25, -0.2) is 0 Å². The van der Waals surface area contributed by atoms with Gasteiger partial charge < -0.3 is 4.90 Å². The van der Waals surface area contributed by atoms with E-state index in [4.69, 9.17) is 5.26 Å². The lowest BCUT2D eigenvalue weighted by atomic mass is 10.0. The van der Waals surface area contributed by atoms with E-state index < -0.39 is 0 Å². The number of fused-ring (bicyclic) bond motifs is 1. The monoisotopic (exact) mass is 238 g/mol. The van der Waals surface area contributed by atoms with Gasteiger partial charge in [-0.15, -0.1) is 0 Å². The van der Waals surface area contributed by atoms with Crippen LogP contribution in [0, 0.1) is 11.3 Å². The second-order valence-electron chi connectivity index (χ2n) is 4.70. The number of nitriles is 1. The van der Waals surface area contributed by atoms with E-state index in [2.05, 4.69) is 34.3 Å². The number of aromatic nitrogens is 2. The first-order valence-electron chi connectivity index (χ1n) is 6.04. The second kappa shape index (κ2) is 4.28. The van der Waals surface area contributed by atoms with E-state index in [1.54, 1.807) is 0 Å². The Bertz CT molecular complexity index is 660. The van der Waals surface area contributed by atoms with Crippen LogP contribution in [0.4, 0.5) is 0 Å². The molecule has 0 saturated carbocycles. The SMILES string of the molecule is CN1CCC=C(c2n[nH]c3cc(C#N)ccc23)C1. The number of nitrogens with one attached hydrogen (secondary N) is 1. The van der Waals surface area contributed by atoms with Crippen molar-refractivity contribution in [2.45, 2.75) is 6.42 Å². The summed E-state index contributed by atoms with van der Waals surface area (Å²) in [6.07, 6.45) is 3.32. The predicted molar refractivity (Wildman–Crippen MR) is 70.9 cm³/mol. The lowest BCUT2D eigenvalue weighted by molar-refractivity contribution is 0.372. The van der Waals surface area contributed by atoms with Crippen molar-refractivity contribution in [3.05, 3.63) is 35.5 Å². The molecule has 3 rings (SSSR count). The number of H-pyrrole nitrogens is 1. The van der Waals surface area contributed by atoms with Gasteiger partial charge >= 0.3 is 0 Å². The van der Waals surface area contributed by atoms with E-state index in [9.17, 15) is 0 Å². The molecule has 0 aliphatic carbocycles. The van der Waals surface area contributed by atoms with E-state index in [1.165, 1.54) is 5.57 Å². The highest BCUT2D eigenvalue weighted by molar-refractivity contribution is 5.91. The Balaban J connectivity index is 2.08. The Hall–Kier alpha value is -2.12. The van der Waals surface area contributed by atoms with E-state index in [0.717, 1.165) is 36.1 Å². The minimum atomic E-state index is 0.660. The molecule has 0 spiro atoms. The number of hydrogen-bond acceptors (Lipinski definition) is 3. The molecule has 1 N–H and O–H groups in total. The summed E-state index contributed by atoms with van der Waals surface area (Å²) < 4.78 is 0. The largest absolute Gasteiger partial charge is 0.302 e. The lowest BCUT2D eigenvalue weighted by Crippen LogP contribution is -2.25. The summed E-state index contributed by atoms with van der Waals surface area (Å²) >= 11 is 0. The molecule has 1 aliphatic rings. The van der Waals surface area contributed by atoms with Gasteiger partial charge in [0.1, 0.15) is 0 Å². The zero-order valence-electron chi connectivity index (χ0n) is 10.3. The Morgan fingerprint density at radius 3 is 3.11 bits per heavy atom. The average molecular weight is 238 g/mol. The molecule has 4 heteroatoms. The molecular formula is C14H14N4. The quantitative estimate of drug-likeness (QED) is 0.828. The fourth-order valence-corrected chi connectivity index (χ4v) is 2.40. The number of rotatable bonds is 1. The minimum Gasteiger partial charge on any atom is -0.302 e. The molecule has 18 heavy (non-hydrogen) atoms. The third-order valence-corrected chi connectivity index (χ3v) is 3.34. The van der Waals surface area contributed by atoms with Crippen LogP contribution in [-0.4, -0.2) is 35.2 Å². The Labute approximate surface area is 106 Å². The summed E-state index contributed by atoms with van der Waals surface area (Å²) in [6, 6.07) is 7.81. The van der Waals surface area contributed by atoms with Crippen LogP contribution in [-0.2, 0) is 0 Å². The van der Waals surface area contributed by atoms with Crippen LogP contribution >= 0.6 is 0 Å². The third kappa shape index (κ3) is 1.79. The standard InChI is InChI=1S/C14H14N4/c1-18-6-2-3-11(9-18)14-12-5-4-10(8-15)7-13(12)16-17-14/h3-5,7H,2,6,9H2,1H3,(H,16,17). The van der Waals surface area contributed by atoms with Gasteiger partial charge in [-0.2, -0.15) is 10.4 Å². The number of likely N-dealkylation sites (N-methyl/N-ethyl adjacent to an activating group) is 1. The maximum atomic E-state index is 8.88. The predicted octanol–water partition coefficient (Wildman–Crippen LogP) is 2.15. The van der Waals surface area contributed by atoms with Crippen LogP contribution in [0.15, 0.2) is 24.3 Å². The van der Waals surface area contributed by atoms with Crippen LogP contribution < -0.4 is 0 Å². The number of nitrogens with zero attached hydrogens (tertiary/aromatic N) is 3. The molecule has 2 heterocycles. The fraction of sp³-hybridized carbons (Fsp3) is 0.286. The fourth-order valence-electron chi connectivity index (χ4n) is 2.40. The van der Waals surface area contributed by atoms with Gasteiger partial charge in [0.05, 0.1) is 22.8 Å². The molecule has 4 nitrogen and oxygen atoms in total. The molecule has 1 aromatic heterocycles. The van der Waals surface area contributed by atoms with E-state index in [0.29, 0.717) is 5.56 Å². The van der Waals surface area contributed by atoms with Gasteiger partial charge in [0.2, 0.25) is 0 Å². The van der Waals surface area contributed by atoms with E-state index in [-0.39, 0.29) is 0 Å². The topological polar surface area (TPSA) is 55.7 Å². The molecule has 0 saturated heterocycles. The van der Waals surface area contributed by atoms with Crippen molar-refractivity contribution >= 4 is 16.5 Å². The minimum absolute atomic E-state index is 0.660. The van der Waals surface area contributed by atoms with Crippen molar-refractivity contribution in [2.75, 3.05) is 20.1 Å². The molecule has 0 atom stereocenters. The van der Waals surface area contributed by atoms with Gasteiger partial charge in [0.25, 0.3) is 0 Å². The van der Waals surface area contributed by atoms with Crippen molar-refractivity contribution < 1.29 is 0 Å². The number of aromatic amines is 1. The van der Waals surface area contributed by atoms with Crippen LogP contribution in [0.2, 0.25) is 0 Å². The summed E-state index contributed by atoms with van der Waals surface area (Å²) in [4.78, 5) is 2.29. The molecule has 1 aliphatic heterocycles. The van der Waals surface area contributed by atoms with Crippen molar-refractivity contribution in [2.24, 2.45) is 0 Å². The van der Waals surface area contributed by atoms with E-state index in [1.807, 2.05) is 18.2 Å². The molecule has 90 valence electrons. The number of hydrogen-bond donors (Lipinski definition) is 1. The van der Waals surface area contributed by atoms with Crippen molar-refractivity contribution in [3.63, 3.8) is 0 Å². The van der Waals surface area contributed by atoms with Crippen LogP contribution in [0.25, 0.3) is 16.5 Å². The summed E-state index contributed by atoms with van der Waals surface area (Å²) in [7, 11) is 2.12. The summed E-state index contributed by atoms with van der Waals surface area (Å²) in [5.41, 5.74) is 3.87. The lowest BCUT2D eigenvalue weighted by Gasteiger charge is -2.21. The Morgan fingerprint density at radius 1 is 1.44 bits per heavy atom. The van der Waals surface area contributed by atoms with Gasteiger partial charge in [-0.1, -0.05) is 6.08 Å². The normalized spacial score (nSPS) is 16.6. The highest BCUT2D eigenvalue weighted by Gasteiger charge is 2.15. The van der Waals surface area contributed by atoms with Crippen molar-refractivity contribution in [3.8, 4) is 6.07 Å². The zero-order valence-corrected chi connectivity index (χ0v) is 10.3. The molecule has 0 amide bonds. The highest BCUT2D eigenvalue weighted by Crippen LogP contribution is 2.26. The van der Waals surface area contributed by atoms with Gasteiger partial charge in [-0.3, -0.25) is 5.10 Å². The van der Waals surface area contributed by atoms with E-state index >= 15 is 0 Å². The summed E-state index contributed by atoms with van der Waals surface area (Å²) in [6.45, 7) is 2.03. The number of benzene rings is 1. The highest BCUT2D eigenvalue weighted by atomic mass is 15.1. The van der Waals surface area contributed by atoms with Crippen LogP contribution in [0.5, 0.6) is 0 Å². The molecule has 1 aromatic carbocycles. The second-order valence-corrected chi connectivity index (χ2v) is 4.70. The summed E-state index contributed by atoms with van der Waals surface area (Å²) in [5, 5.41) is 17.4. The van der Waals surface area contributed by atoms with Crippen molar-refractivity contribution in [1.29, 1.82) is 5.26 Å². The molecular weight excluding hydrogens is 224 g/mol. The molecule has 0 radical (unpaired) electrons.